The van der Waals surface area contributed by atoms with Crippen LogP contribution in [0.1, 0.15) is 27.9 Å². The molecule has 1 aromatic heterocycles. The average molecular weight is 356 g/mol. The van der Waals surface area contributed by atoms with Crippen molar-refractivity contribution in [2.24, 2.45) is 0 Å². The van der Waals surface area contributed by atoms with Gasteiger partial charge in [-0.2, -0.15) is 0 Å². The zero-order valence-electron chi connectivity index (χ0n) is 14.3. The van der Waals surface area contributed by atoms with Gasteiger partial charge >= 0.3 is 5.97 Å². The third-order valence-corrected chi connectivity index (χ3v) is 3.74. The van der Waals surface area contributed by atoms with E-state index in [0.29, 0.717) is 22.5 Å². The lowest BCUT2D eigenvalue weighted by Crippen LogP contribution is -2.33. The Morgan fingerprint density at radius 2 is 2.00 bits per heavy atom. The van der Waals surface area contributed by atoms with Gasteiger partial charge in [0.2, 0.25) is 5.91 Å². The number of carbonyl (C=O) groups is 3. The number of nitrogens with one attached hydrogen (secondary N) is 2. The predicted octanol–water partition coefficient (Wildman–Crippen LogP) is 1.36. The SMILES string of the molecule is Cc1ccc(C(=O)NCC(=O)Nc2ccncc2CCC(=O)O)cc1N. The molecule has 2 rings (SSSR count). The number of aliphatic carboxylic acids is 1. The van der Waals surface area contributed by atoms with E-state index in [0.717, 1.165) is 5.56 Å². The van der Waals surface area contributed by atoms with E-state index in [2.05, 4.69) is 15.6 Å². The molecule has 0 aliphatic heterocycles. The summed E-state index contributed by atoms with van der Waals surface area (Å²) in [5, 5.41) is 13.9. The number of carboxylic acids is 1. The third kappa shape index (κ3) is 5.30. The monoisotopic (exact) mass is 356 g/mol. The molecule has 2 amide bonds. The smallest absolute Gasteiger partial charge is 0.303 e. The Morgan fingerprint density at radius 1 is 1.23 bits per heavy atom. The highest BCUT2D eigenvalue weighted by molar-refractivity contribution is 6.00. The molecule has 0 aliphatic carbocycles. The topological polar surface area (TPSA) is 134 Å². The maximum atomic E-state index is 12.1. The van der Waals surface area contributed by atoms with E-state index in [1.165, 1.54) is 12.4 Å². The van der Waals surface area contributed by atoms with Gasteiger partial charge in [0.1, 0.15) is 0 Å². The van der Waals surface area contributed by atoms with Gasteiger partial charge in [0.25, 0.3) is 5.91 Å². The highest BCUT2D eigenvalue weighted by Crippen LogP contribution is 2.15. The first-order valence-electron chi connectivity index (χ1n) is 7.95. The number of carbonyl (C=O) groups excluding carboxylic acids is 2. The van der Waals surface area contributed by atoms with E-state index in [-0.39, 0.29) is 19.4 Å². The summed E-state index contributed by atoms with van der Waals surface area (Å²) < 4.78 is 0. The summed E-state index contributed by atoms with van der Waals surface area (Å²) in [4.78, 5) is 38.8. The molecule has 0 bridgehead atoms. The first kappa shape index (κ1) is 18.9. The number of pyridine rings is 1. The number of benzene rings is 1. The Balaban J connectivity index is 1.93. The standard InChI is InChI=1S/C18H20N4O4/c1-11-2-3-12(8-14(11)19)18(26)21-10-16(23)22-15-6-7-20-9-13(15)4-5-17(24)25/h2-3,6-9H,4-5,10,19H2,1H3,(H,21,26)(H,24,25)(H,20,22,23). The minimum Gasteiger partial charge on any atom is -0.481 e. The molecule has 8 nitrogen and oxygen atoms in total. The molecule has 1 aromatic carbocycles. The van der Waals surface area contributed by atoms with Crippen LogP contribution in [-0.2, 0) is 16.0 Å². The molecule has 0 atom stereocenters. The summed E-state index contributed by atoms with van der Waals surface area (Å²) in [5.41, 5.74) is 8.60. The van der Waals surface area contributed by atoms with E-state index in [1.807, 2.05) is 6.92 Å². The van der Waals surface area contributed by atoms with Gasteiger partial charge in [-0.3, -0.25) is 19.4 Å². The molecule has 5 N–H and O–H groups in total. The molecule has 0 aliphatic rings. The van der Waals surface area contributed by atoms with E-state index >= 15 is 0 Å². The highest BCUT2D eigenvalue weighted by Gasteiger charge is 2.11. The normalized spacial score (nSPS) is 10.2. The first-order chi connectivity index (χ1) is 12.4. The van der Waals surface area contributed by atoms with Crippen LogP contribution < -0.4 is 16.4 Å². The quantitative estimate of drug-likeness (QED) is 0.553. The Kier molecular flexibility index (Phi) is 6.26. The number of carboxylic acid groups (broad SMARTS) is 1. The molecule has 0 saturated heterocycles. The van der Waals surface area contributed by atoms with Crippen LogP contribution in [0.4, 0.5) is 11.4 Å². The minimum atomic E-state index is -0.934. The summed E-state index contributed by atoms with van der Waals surface area (Å²) in [6.07, 6.45) is 3.17. The Morgan fingerprint density at radius 3 is 2.69 bits per heavy atom. The first-order valence-corrected chi connectivity index (χ1v) is 7.95. The molecular formula is C18H20N4O4. The molecule has 26 heavy (non-hydrogen) atoms. The number of hydrogen-bond donors (Lipinski definition) is 4. The van der Waals surface area contributed by atoms with Crippen molar-refractivity contribution in [3.8, 4) is 0 Å². The second-order valence-electron chi connectivity index (χ2n) is 5.73. The average Bonchev–Trinajstić information content (AvgIpc) is 2.61. The number of nitrogens with two attached hydrogens (primary N) is 1. The van der Waals surface area contributed by atoms with Crippen molar-refractivity contribution in [2.45, 2.75) is 19.8 Å². The van der Waals surface area contributed by atoms with Gasteiger partial charge in [0.05, 0.1) is 6.54 Å². The van der Waals surface area contributed by atoms with E-state index in [1.54, 1.807) is 24.3 Å². The van der Waals surface area contributed by atoms with Crippen molar-refractivity contribution in [2.75, 3.05) is 17.6 Å². The van der Waals surface area contributed by atoms with Crippen molar-refractivity contribution < 1.29 is 19.5 Å². The number of rotatable bonds is 7. The molecule has 2 aromatic rings. The summed E-state index contributed by atoms with van der Waals surface area (Å²) in [6, 6.07) is 6.49. The van der Waals surface area contributed by atoms with Gasteiger partial charge in [-0.1, -0.05) is 6.07 Å². The molecule has 1 heterocycles. The van der Waals surface area contributed by atoms with Crippen molar-refractivity contribution >= 4 is 29.2 Å². The zero-order valence-corrected chi connectivity index (χ0v) is 14.3. The summed E-state index contributed by atoms with van der Waals surface area (Å²) in [5.74, 6) is -1.77. The van der Waals surface area contributed by atoms with E-state index in [9.17, 15) is 14.4 Å². The van der Waals surface area contributed by atoms with Crippen molar-refractivity contribution in [3.05, 3.63) is 53.3 Å². The largest absolute Gasteiger partial charge is 0.481 e. The maximum absolute atomic E-state index is 12.1. The van der Waals surface area contributed by atoms with Crippen molar-refractivity contribution in [1.29, 1.82) is 0 Å². The van der Waals surface area contributed by atoms with Crippen molar-refractivity contribution in [3.63, 3.8) is 0 Å². The van der Waals surface area contributed by atoms with E-state index < -0.39 is 17.8 Å². The van der Waals surface area contributed by atoms with Crippen molar-refractivity contribution in [1.82, 2.24) is 10.3 Å². The molecular weight excluding hydrogens is 336 g/mol. The highest BCUT2D eigenvalue weighted by atomic mass is 16.4. The maximum Gasteiger partial charge on any atom is 0.303 e. The van der Waals surface area contributed by atoms with Crippen LogP contribution in [0.2, 0.25) is 0 Å². The van der Waals surface area contributed by atoms with Crippen LogP contribution in [0.3, 0.4) is 0 Å². The van der Waals surface area contributed by atoms with Crippen LogP contribution in [0, 0.1) is 6.92 Å². The zero-order chi connectivity index (χ0) is 19.1. The number of amides is 2. The lowest BCUT2D eigenvalue weighted by Gasteiger charge is -2.11. The number of anilines is 2. The predicted molar refractivity (Wildman–Crippen MR) is 96.7 cm³/mol. The van der Waals surface area contributed by atoms with Gasteiger partial charge in [-0.25, -0.2) is 0 Å². The Hall–Kier alpha value is -3.42. The molecule has 136 valence electrons. The lowest BCUT2D eigenvalue weighted by molar-refractivity contribution is -0.136. The molecule has 0 radical (unpaired) electrons. The second-order valence-corrected chi connectivity index (χ2v) is 5.73. The van der Waals surface area contributed by atoms with Gasteiger partial charge in [-0.15, -0.1) is 0 Å². The molecule has 8 heteroatoms. The van der Waals surface area contributed by atoms with Gasteiger partial charge < -0.3 is 21.5 Å². The van der Waals surface area contributed by atoms with Crippen LogP contribution >= 0.6 is 0 Å². The van der Waals surface area contributed by atoms with Gasteiger partial charge in [-0.05, 0) is 42.7 Å². The van der Waals surface area contributed by atoms with Crippen LogP contribution in [0.5, 0.6) is 0 Å². The summed E-state index contributed by atoms with van der Waals surface area (Å²) in [7, 11) is 0. The fourth-order valence-corrected chi connectivity index (χ4v) is 2.23. The minimum absolute atomic E-state index is 0.0693. The molecule has 0 spiro atoms. The van der Waals surface area contributed by atoms with Crippen LogP contribution in [-0.4, -0.2) is 34.4 Å². The second kappa shape index (κ2) is 8.61. The fraction of sp³-hybridized carbons (Fsp3) is 0.222. The van der Waals surface area contributed by atoms with Gasteiger partial charge in [0.15, 0.2) is 0 Å². The molecule has 0 saturated carbocycles. The van der Waals surface area contributed by atoms with Crippen LogP contribution in [0.25, 0.3) is 0 Å². The summed E-state index contributed by atoms with van der Waals surface area (Å²) >= 11 is 0. The number of nitrogen functional groups attached to an aromatic ring is 1. The number of hydrogen-bond acceptors (Lipinski definition) is 5. The Bertz CT molecular complexity index is 836. The molecule has 0 fully saturated rings. The van der Waals surface area contributed by atoms with Gasteiger partial charge in [0, 0.05) is 35.8 Å². The fourth-order valence-electron chi connectivity index (χ4n) is 2.23. The summed E-state index contributed by atoms with van der Waals surface area (Å²) in [6.45, 7) is 1.61. The number of aryl methyl sites for hydroxylation is 2. The number of aromatic nitrogens is 1. The molecule has 0 unspecified atom stereocenters. The third-order valence-electron chi connectivity index (χ3n) is 3.74. The Labute approximate surface area is 150 Å². The van der Waals surface area contributed by atoms with E-state index in [4.69, 9.17) is 10.8 Å². The number of nitrogens with zero attached hydrogens (tertiary/aromatic N) is 1. The van der Waals surface area contributed by atoms with Crippen LogP contribution in [0.15, 0.2) is 36.7 Å². The lowest BCUT2D eigenvalue weighted by atomic mass is 10.1.